The summed E-state index contributed by atoms with van der Waals surface area (Å²) in [5, 5.41) is 9.98. The minimum Gasteiger partial charge on any atom is -0.491 e. The molecule has 186 valence electrons. The van der Waals surface area contributed by atoms with Crippen LogP contribution in [0.1, 0.15) is 81.4 Å². The van der Waals surface area contributed by atoms with E-state index in [2.05, 4.69) is 6.58 Å². The van der Waals surface area contributed by atoms with Crippen LogP contribution in [-0.4, -0.2) is 18.3 Å². The lowest BCUT2D eigenvalue weighted by Crippen LogP contribution is -2.20. The number of allylic oxidation sites excluding steroid dienone is 1. The summed E-state index contributed by atoms with van der Waals surface area (Å²) in [6, 6.07) is 7.98. The first-order valence-corrected chi connectivity index (χ1v) is 12.3. The standard InChI is InChI=1S/C28H35F3O3/c1-3-5-6-16-33-25-14-12-21(17-23(25)29)20-10-8-19(9-11-20)18-34-26-15-13-22(24(32)7-4-2)27(30)28(26)31/h3,12-15,17,19-20,24,32H,1,4-11,16,18H2,2H3. The van der Waals surface area contributed by atoms with Crippen LogP contribution >= 0.6 is 0 Å². The van der Waals surface area contributed by atoms with Crippen molar-refractivity contribution >= 4 is 0 Å². The lowest BCUT2D eigenvalue weighted by atomic mass is 9.79. The van der Waals surface area contributed by atoms with Gasteiger partial charge in [-0.25, -0.2) is 8.78 Å². The fourth-order valence-corrected chi connectivity index (χ4v) is 4.51. The van der Waals surface area contributed by atoms with Crippen LogP contribution in [-0.2, 0) is 0 Å². The van der Waals surface area contributed by atoms with Gasteiger partial charge in [-0.2, -0.15) is 4.39 Å². The maximum Gasteiger partial charge on any atom is 0.200 e. The molecule has 1 N–H and O–H groups in total. The van der Waals surface area contributed by atoms with Crippen molar-refractivity contribution in [3.8, 4) is 11.5 Å². The predicted molar refractivity (Wildman–Crippen MR) is 128 cm³/mol. The van der Waals surface area contributed by atoms with Gasteiger partial charge in [0.05, 0.1) is 19.3 Å². The molecule has 0 spiro atoms. The highest BCUT2D eigenvalue weighted by Crippen LogP contribution is 2.37. The zero-order chi connectivity index (χ0) is 24.5. The van der Waals surface area contributed by atoms with Crippen molar-refractivity contribution in [2.75, 3.05) is 13.2 Å². The second-order valence-corrected chi connectivity index (χ2v) is 9.08. The van der Waals surface area contributed by atoms with Gasteiger partial charge in [-0.1, -0.05) is 25.5 Å². The molecule has 3 nitrogen and oxygen atoms in total. The topological polar surface area (TPSA) is 38.7 Å². The first-order chi connectivity index (χ1) is 16.4. The monoisotopic (exact) mass is 476 g/mol. The van der Waals surface area contributed by atoms with Gasteiger partial charge < -0.3 is 14.6 Å². The fraction of sp³-hybridized carbons (Fsp3) is 0.500. The van der Waals surface area contributed by atoms with Crippen LogP contribution in [0.5, 0.6) is 11.5 Å². The Bertz CT molecular complexity index is 939. The lowest BCUT2D eigenvalue weighted by molar-refractivity contribution is 0.159. The third kappa shape index (κ3) is 6.78. The largest absolute Gasteiger partial charge is 0.491 e. The van der Waals surface area contributed by atoms with Crippen molar-refractivity contribution in [2.45, 2.75) is 70.3 Å². The van der Waals surface area contributed by atoms with E-state index in [0.29, 0.717) is 26.1 Å². The minimum absolute atomic E-state index is 0.0346. The second-order valence-electron chi connectivity index (χ2n) is 9.08. The molecule has 1 fully saturated rings. The number of rotatable bonds is 12. The maximum absolute atomic E-state index is 14.4. The van der Waals surface area contributed by atoms with Crippen LogP contribution in [0.4, 0.5) is 13.2 Å². The summed E-state index contributed by atoms with van der Waals surface area (Å²) in [5.41, 5.74) is 0.928. The highest BCUT2D eigenvalue weighted by molar-refractivity contribution is 5.33. The van der Waals surface area contributed by atoms with E-state index < -0.39 is 17.7 Å². The van der Waals surface area contributed by atoms with Gasteiger partial charge in [0.25, 0.3) is 0 Å². The summed E-state index contributed by atoms with van der Waals surface area (Å²) in [4.78, 5) is 0. The van der Waals surface area contributed by atoms with E-state index in [1.54, 1.807) is 12.1 Å². The van der Waals surface area contributed by atoms with Gasteiger partial charge in [-0.05, 0) is 86.6 Å². The van der Waals surface area contributed by atoms with Gasteiger partial charge in [-0.15, -0.1) is 6.58 Å². The van der Waals surface area contributed by atoms with Crippen molar-refractivity contribution in [2.24, 2.45) is 5.92 Å². The number of benzene rings is 2. The second kappa shape index (κ2) is 12.8. The molecule has 0 heterocycles. The Morgan fingerprint density at radius 1 is 1.03 bits per heavy atom. The van der Waals surface area contributed by atoms with Crippen LogP contribution in [0.3, 0.4) is 0 Å². The summed E-state index contributed by atoms with van der Waals surface area (Å²) in [6.45, 7) is 6.29. The summed E-state index contributed by atoms with van der Waals surface area (Å²) in [7, 11) is 0. The number of aliphatic hydroxyl groups excluding tert-OH is 1. The molecule has 1 aliphatic rings. The van der Waals surface area contributed by atoms with E-state index >= 15 is 0 Å². The summed E-state index contributed by atoms with van der Waals surface area (Å²) in [5.74, 6) is -1.81. The van der Waals surface area contributed by atoms with Crippen LogP contribution < -0.4 is 9.47 Å². The number of hydrogen-bond donors (Lipinski definition) is 1. The Hall–Kier alpha value is -2.47. The molecule has 0 saturated heterocycles. The van der Waals surface area contributed by atoms with Gasteiger partial charge in [-0.3, -0.25) is 0 Å². The van der Waals surface area contributed by atoms with Crippen molar-refractivity contribution in [1.82, 2.24) is 0 Å². The Kier molecular flexibility index (Phi) is 9.87. The van der Waals surface area contributed by atoms with Crippen LogP contribution in [0.15, 0.2) is 43.0 Å². The van der Waals surface area contributed by atoms with E-state index in [1.165, 1.54) is 12.1 Å². The molecule has 1 atom stereocenters. The third-order valence-electron chi connectivity index (χ3n) is 6.56. The number of unbranched alkanes of at least 4 members (excludes halogenated alkanes) is 1. The van der Waals surface area contributed by atoms with E-state index in [9.17, 15) is 18.3 Å². The van der Waals surface area contributed by atoms with Crippen LogP contribution in [0.2, 0.25) is 0 Å². The molecule has 0 aromatic heterocycles. The number of aliphatic hydroxyl groups is 1. The molecule has 2 aromatic rings. The van der Waals surface area contributed by atoms with Gasteiger partial charge in [0.2, 0.25) is 5.82 Å². The van der Waals surface area contributed by atoms with Crippen molar-refractivity contribution in [3.05, 3.63) is 71.6 Å². The first-order valence-electron chi connectivity index (χ1n) is 12.3. The molecule has 2 aromatic carbocycles. The molecule has 3 rings (SSSR count). The summed E-state index contributed by atoms with van der Waals surface area (Å²) in [6.07, 6.45) is 6.96. The van der Waals surface area contributed by atoms with Crippen LogP contribution in [0.25, 0.3) is 0 Å². The van der Waals surface area contributed by atoms with E-state index in [-0.39, 0.29) is 34.7 Å². The van der Waals surface area contributed by atoms with E-state index in [1.807, 2.05) is 19.1 Å². The first kappa shape index (κ1) is 26.1. The zero-order valence-corrected chi connectivity index (χ0v) is 19.9. The summed E-state index contributed by atoms with van der Waals surface area (Å²) < 4.78 is 54.3. The minimum atomic E-state index is -1.05. The number of halogens is 3. The molecule has 1 aliphatic carbocycles. The van der Waals surface area contributed by atoms with Gasteiger partial charge in [0.15, 0.2) is 23.1 Å². The number of hydrogen-bond acceptors (Lipinski definition) is 3. The molecular weight excluding hydrogens is 441 g/mol. The van der Waals surface area contributed by atoms with Gasteiger partial charge in [0, 0.05) is 5.56 Å². The van der Waals surface area contributed by atoms with Gasteiger partial charge >= 0.3 is 0 Å². The zero-order valence-electron chi connectivity index (χ0n) is 19.9. The fourth-order valence-electron chi connectivity index (χ4n) is 4.51. The van der Waals surface area contributed by atoms with Crippen LogP contribution in [0, 0.1) is 23.4 Å². The lowest BCUT2D eigenvalue weighted by Gasteiger charge is -2.29. The molecule has 0 radical (unpaired) electrons. The predicted octanol–water partition coefficient (Wildman–Crippen LogP) is 7.64. The molecule has 6 heteroatoms. The molecule has 0 bridgehead atoms. The quantitative estimate of drug-likeness (QED) is 0.253. The smallest absolute Gasteiger partial charge is 0.200 e. The van der Waals surface area contributed by atoms with Crippen molar-refractivity contribution < 1.29 is 27.8 Å². The molecule has 0 amide bonds. The SMILES string of the molecule is C=CCCCOc1ccc(C2CCC(COc3ccc(C(O)CCC)c(F)c3F)CC2)cc1F. The Morgan fingerprint density at radius 2 is 1.76 bits per heavy atom. The van der Waals surface area contributed by atoms with E-state index in [4.69, 9.17) is 9.47 Å². The average Bonchev–Trinajstić information content (AvgIpc) is 2.84. The molecule has 1 unspecified atom stereocenters. The molecule has 1 saturated carbocycles. The average molecular weight is 477 g/mol. The molecule has 0 aliphatic heterocycles. The normalized spacial score (nSPS) is 19.0. The third-order valence-corrected chi connectivity index (χ3v) is 6.56. The number of ether oxygens (including phenoxy) is 2. The van der Waals surface area contributed by atoms with Crippen molar-refractivity contribution in [1.29, 1.82) is 0 Å². The Labute approximate surface area is 200 Å². The highest BCUT2D eigenvalue weighted by atomic mass is 19.2. The highest BCUT2D eigenvalue weighted by Gasteiger charge is 2.25. The maximum atomic E-state index is 14.4. The van der Waals surface area contributed by atoms with Gasteiger partial charge in [0.1, 0.15) is 0 Å². The van der Waals surface area contributed by atoms with Crippen molar-refractivity contribution in [3.63, 3.8) is 0 Å². The Balaban J connectivity index is 1.49. The van der Waals surface area contributed by atoms with E-state index in [0.717, 1.165) is 44.1 Å². The molecule has 34 heavy (non-hydrogen) atoms. The summed E-state index contributed by atoms with van der Waals surface area (Å²) >= 11 is 0. The Morgan fingerprint density at radius 3 is 2.44 bits per heavy atom. The molecular formula is C28H35F3O3.